The summed E-state index contributed by atoms with van der Waals surface area (Å²) in [6.07, 6.45) is 2.35. The number of nitrogens with two attached hydrogens (primary N) is 1. The Morgan fingerprint density at radius 3 is 2.92 bits per heavy atom. The zero-order chi connectivity index (χ0) is 17.1. The number of amides is 1. The van der Waals surface area contributed by atoms with Gasteiger partial charge in [-0.15, -0.1) is 11.6 Å². The zero-order valence-electron chi connectivity index (χ0n) is 13.3. The van der Waals surface area contributed by atoms with Crippen LogP contribution in [0.5, 0.6) is 0 Å². The average molecular weight is 369 g/mol. The summed E-state index contributed by atoms with van der Waals surface area (Å²) in [4.78, 5) is 20.5. The Hall–Kier alpha value is -1.32. The number of halogens is 1. The van der Waals surface area contributed by atoms with E-state index in [0.717, 1.165) is 29.0 Å². The smallest absolute Gasteiger partial charge is 0.240 e. The van der Waals surface area contributed by atoms with Gasteiger partial charge in [0.15, 0.2) is 0 Å². The number of hydrogen-bond acceptors (Lipinski definition) is 6. The van der Waals surface area contributed by atoms with Gasteiger partial charge in [0.25, 0.3) is 0 Å². The summed E-state index contributed by atoms with van der Waals surface area (Å²) in [6, 6.07) is 7.01. The molecule has 1 fully saturated rings. The summed E-state index contributed by atoms with van der Waals surface area (Å²) >= 11 is 7.91. The first kappa shape index (κ1) is 17.5. The van der Waals surface area contributed by atoms with Gasteiger partial charge in [-0.2, -0.15) is 11.8 Å². The maximum atomic E-state index is 12.6. The Morgan fingerprint density at radius 2 is 2.25 bits per heavy atom. The van der Waals surface area contributed by atoms with Crippen LogP contribution in [0, 0.1) is 0 Å². The Morgan fingerprint density at radius 1 is 1.46 bits per heavy atom. The number of hydrazine groups is 1. The number of benzene rings is 1. The third kappa shape index (κ3) is 3.68. The minimum absolute atomic E-state index is 0.193. The van der Waals surface area contributed by atoms with Gasteiger partial charge in [0.05, 0.1) is 28.6 Å². The van der Waals surface area contributed by atoms with Gasteiger partial charge in [-0.25, -0.2) is 15.8 Å². The molecule has 4 atom stereocenters. The Kier molecular flexibility index (Phi) is 5.62. The Balaban J connectivity index is 1.77. The van der Waals surface area contributed by atoms with Gasteiger partial charge in [0.2, 0.25) is 5.91 Å². The summed E-state index contributed by atoms with van der Waals surface area (Å²) in [5, 5.41) is 2.52. The number of carbonyl (C=O) groups excluding carboxylic acids is 1. The molecule has 1 amide bonds. The van der Waals surface area contributed by atoms with Crippen molar-refractivity contribution in [2.75, 3.05) is 12.0 Å². The quantitative estimate of drug-likeness (QED) is 0.484. The Labute approximate surface area is 149 Å². The molecule has 130 valence electrons. The number of aromatic amines is 1. The molecule has 0 aliphatic carbocycles. The third-order valence-electron chi connectivity index (χ3n) is 4.01. The maximum Gasteiger partial charge on any atom is 0.240 e. The van der Waals surface area contributed by atoms with Crippen LogP contribution in [0.2, 0.25) is 0 Å². The topological polar surface area (TPSA) is 108 Å². The highest BCUT2D eigenvalue weighted by molar-refractivity contribution is 7.98. The molecular weight excluding hydrogens is 348 g/mol. The molecule has 1 aliphatic rings. The van der Waals surface area contributed by atoms with Gasteiger partial charge >= 0.3 is 0 Å². The summed E-state index contributed by atoms with van der Waals surface area (Å²) in [5.74, 6) is 1.46. The molecule has 0 saturated carbocycles. The van der Waals surface area contributed by atoms with Crippen LogP contribution in [0.3, 0.4) is 0 Å². The zero-order valence-corrected chi connectivity index (χ0v) is 14.8. The van der Waals surface area contributed by atoms with E-state index in [9.17, 15) is 4.79 Å². The van der Waals surface area contributed by atoms with E-state index < -0.39 is 17.6 Å². The number of nitrogens with zero attached hydrogens (tertiary/aromatic N) is 1. The summed E-state index contributed by atoms with van der Waals surface area (Å²) in [5.41, 5.74) is 13.2. The minimum atomic E-state index is -0.581. The van der Waals surface area contributed by atoms with Crippen molar-refractivity contribution in [3.05, 3.63) is 30.1 Å². The molecule has 6 N–H and O–H groups in total. The fourth-order valence-electron chi connectivity index (χ4n) is 2.67. The van der Waals surface area contributed by atoms with Crippen molar-refractivity contribution in [3.8, 4) is 0 Å². The van der Waals surface area contributed by atoms with Crippen molar-refractivity contribution in [2.45, 2.75) is 30.0 Å². The summed E-state index contributed by atoms with van der Waals surface area (Å²) in [7, 11) is 0. The van der Waals surface area contributed by atoms with Crippen LogP contribution in [0.15, 0.2) is 24.3 Å². The second-order valence-corrected chi connectivity index (χ2v) is 7.21. The average Bonchev–Trinajstić information content (AvgIpc) is 3.15. The van der Waals surface area contributed by atoms with E-state index >= 15 is 0 Å². The van der Waals surface area contributed by atoms with E-state index in [1.54, 1.807) is 11.8 Å². The van der Waals surface area contributed by atoms with Crippen molar-refractivity contribution < 1.29 is 4.79 Å². The number of rotatable bonds is 6. The van der Waals surface area contributed by atoms with Crippen LogP contribution >= 0.6 is 23.4 Å². The van der Waals surface area contributed by atoms with Gasteiger partial charge in [-0.05, 0) is 30.6 Å². The molecule has 9 heteroatoms. The van der Waals surface area contributed by atoms with Crippen LogP contribution in [0.25, 0.3) is 11.0 Å². The highest BCUT2D eigenvalue weighted by atomic mass is 35.5. The van der Waals surface area contributed by atoms with Crippen molar-refractivity contribution in [3.63, 3.8) is 0 Å². The highest BCUT2D eigenvalue weighted by Gasteiger charge is 2.37. The number of fused-ring (bicyclic) bond motifs is 1. The lowest BCUT2D eigenvalue weighted by molar-refractivity contribution is -0.123. The normalized spacial score (nSPS) is 25.0. The van der Waals surface area contributed by atoms with Crippen LogP contribution < -0.4 is 21.9 Å². The van der Waals surface area contributed by atoms with Gasteiger partial charge in [0.1, 0.15) is 11.9 Å². The first-order chi connectivity index (χ1) is 11.6. The fraction of sp³-hybridized carbons (Fsp3) is 0.467. The largest absolute Gasteiger partial charge is 0.345 e. The predicted octanol–water partition coefficient (Wildman–Crippen LogP) is 0.842. The van der Waals surface area contributed by atoms with Gasteiger partial charge < -0.3 is 16.0 Å². The molecule has 1 aromatic carbocycles. The number of nitrogens with one attached hydrogen (secondary N) is 4. The molecule has 1 saturated heterocycles. The van der Waals surface area contributed by atoms with Crippen LogP contribution in [-0.2, 0) is 4.79 Å². The first-order valence-corrected chi connectivity index (χ1v) is 9.58. The fourth-order valence-corrected chi connectivity index (χ4v) is 3.39. The van der Waals surface area contributed by atoms with Crippen molar-refractivity contribution >= 4 is 40.3 Å². The molecule has 2 heterocycles. The summed E-state index contributed by atoms with van der Waals surface area (Å²) < 4.78 is 0. The van der Waals surface area contributed by atoms with E-state index in [1.165, 1.54) is 0 Å². The molecule has 0 radical (unpaired) electrons. The molecule has 1 aromatic heterocycles. The van der Waals surface area contributed by atoms with Crippen molar-refractivity contribution in [1.82, 2.24) is 26.1 Å². The van der Waals surface area contributed by atoms with E-state index in [1.807, 2.05) is 30.5 Å². The second kappa shape index (κ2) is 7.71. The molecule has 24 heavy (non-hydrogen) atoms. The monoisotopic (exact) mass is 368 g/mol. The standard InChI is InChI=1S/C15H21ClN6OS/c1-24-7-6-10(14-18-8-4-2-3-5-9(8)19-14)20-15(23)12-11(16)13(17)22-21-12/h2-5,10-13,21-22H,6-7,17H2,1H3,(H,18,19)(H,20,23). The number of H-pyrrole nitrogens is 1. The number of aromatic nitrogens is 2. The molecule has 3 rings (SSSR count). The first-order valence-electron chi connectivity index (χ1n) is 7.75. The SMILES string of the molecule is CSCCC(NC(=O)C1NNC(N)C1Cl)c1nc2ccccc2[nH]1. The van der Waals surface area contributed by atoms with Crippen molar-refractivity contribution in [2.24, 2.45) is 5.73 Å². The lowest BCUT2D eigenvalue weighted by atomic mass is 10.1. The molecule has 0 bridgehead atoms. The van der Waals surface area contributed by atoms with Crippen LogP contribution in [-0.4, -0.2) is 45.5 Å². The van der Waals surface area contributed by atoms with E-state index in [0.29, 0.717) is 0 Å². The van der Waals surface area contributed by atoms with Crippen LogP contribution in [0.1, 0.15) is 18.3 Å². The molecule has 4 unspecified atom stereocenters. The van der Waals surface area contributed by atoms with Crippen LogP contribution in [0.4, 0.5) is 0 Å². The van der Waals surface area contributed by atoms with Gasteiger partial charge in [0, 0.05) is 0 Å². The Bertz CT molecular complexity index is 677. The van der Waals surface area contributed by atoms with Gasteiger partial charge in [-0.1, -0.05) is 12.1 Å². The van der Waals surface area contributed by atoms with E-state index in [2.05, 4.69) is 26.1 Å². The highest BCUT2D eigenvalue weighted by Crippen LogP contribution is 2.21. The molecular formula is C15H21ClN6OS. The number of alkyl halides is 1. The number of thioether (sulfide) groups is 1. The predicted molar refractivity (Wildman–Crippen MR) is 97.7 cm³/mol. The summed E-state index contributed by atoms with van der Waals surface area (Å²) in [6.45, 7) is 0. The van der Waals surface area contributed by atoms with Gasteiger partial charge in [-0.3, -0.25) is 4.79 Å². The third-order valence-corrected chi connectivity index (χ3v) is 5.18. The second-order valence-electron chi connectivity index (χ2n) is 5.72. The number of hydrogen-bond donors (Lipinski definition) is 5. The maximum absolute atomic E-state index is 12.6. The van der Waals surface area contributed by atoms with E-state index in [-0.39, 0.29) is 11.9 Å². The lowest BCUT2D eigenvalue weighted by Gasteiger charge is -2.20. The molecule has 1 aliphatic heterocycles. The number of carbonyl (C=O) groups is 1. The number of imidazole rings is 1. The molecule has 0 spiro atoms. The molecule has 7 nitrogen and oxygen atoms in total. The van der Waals surface area contributed by atoms with E-state index in [4.69, 9.17) is 17.3 Å². The number of para-hydroxylation sites is 2. The molecule has 2 aromatic rings. The lowest BCUT2D eigenvalue weighted by Crippen LogP contribution is -2.47. The minimum Gasteiger partial charge on any atom is -0.345 e. The van der Waals surface area contributed by atoms with Crippen molar-refractivity contribution in [1.29, 1.82) is 0 Å².